The molecule has 0 atom stereocenters. The number of pyridine rings is 1. The lowest BCUT2D eigenvalue weighted by Crippen LogP contribution is -2.33. The van der Waals surface area contributed by atoms with E-state index in [0.717, 1.165) is 41.4 Å². The number of carbonyl (C=O) groups excluding carboxylic acids is 2. The number of fused-ring (bicyclic) bond motifs is 3. The van der Waals surface area contributed by atoms with Gasteiger partial charge >= 0.3 is 0 Å². The Kier molecular flexibility index (Phi) is 7.63. The van der Waals surface area contributed by atoms with Gasteiger partial charge in [-0.25, -0.2) is 9.97 Å². The number of benzene rings is 1. The first kappa shape index (κ1) is 26.3. The molecule has 9 heteroatoms. The van der Waals surface area contributed by atoms with Crippen LogP contribution in [0.15, 0.2) is 48.7 Å². The van der Waals surface area contributed by atoms with Crippen molar-refractivity contribution < 1.29 is 14.7 Å². The lowest BCUT2D eigenvalue weighted by Gasteiger charge is -2.24. The molecular weight excluding hydrogens is 468 g/mol. The lowest BCUT2D eigenvalue weighted by atomic mass is 10.1. The zero-order valence-electron chi connectivity index (χ0n) is 21.9. The molecule has 4 rings (SSSR count). The molecule has 9 nitrogen and oxygen atoms in total. The fraction of sp³-hybridized carbons (Fsp3) is 0.429. The van der Waals surface area contributed by atoms with Crippen molar-refractivity contribution in [2.75, 3.05) is 18.8 Å². The van der Waals surface area contributed by atoms with Gasteiger partial charge in [-0.1, -0.05) is 31.2 Å². The zero-order chi connectivity index (χ0) is 26.7. The van der Waals surface area contributed by atoms with Crippen LogP contribution in [-0.4, -0.2) is 59.9 Å². The summed E-state index contributed by atoms with van der Waals surface area (Å²) >= 11 is 0. The van der Waals surface area contributed by atoms with Crippen molar-refractivity contribution in [3.63, 3.8) is 0 Å². The number of rotatable bonds is 11. The number of nitrogens with zero attached hydrogens (tertiary/aromatic N) is 5. The van der Waals surface area contributed by atoms with Crippen molar-refractivity contribution in [1.29, 1.82) is 0 Å². The number of aromatic nitrogens is 3. The Bertz CT molecular complexity index is 1350. The molecule has 2 aromatic heterocycles. The van der Waals surface area contributed by atoms with E-state index < -0.39 is 5.60 Å². The van der Waals surface area contributed by atoms with E-state index in [4.69, 9.17) is 10.7 Å². The number of carbonyl (C=O) groups is 2. The largest absolute Gasteiger partial charge is 0.389 e. The fourth-order valence-electron chi connectivity index (χ4n) is 4.75. The summed E-state index contributed by atoms with van der Waals surface area (Å²) < 4.78 is 1.97. The van der Waals surface area contributed by atoms with Crippen LogP contribution in [0.25, 0.3) is 21.9 Å². The number of hydrogen-bond acceptors (Lipinski definition) is 6. The summed E-state index contributed by atoms with van der Waals surface area (Å²) in [5.41, 5.74) is 8.16. The van der Waals surface area contributed by atoms with Gasteiger partial charge in [0.25, 0.3) is 5.91 Å². The Morgan fingerprint density at radius 2 is 1.92 bits per heavy atom. The molecule has 0 aliphatic carbocycles. The van der Waals surface area contributed by atoms with E-state index in [1.807, 2.05) is 35.8 Å². The summed E-state index contributed by atoms with van der Waals surface area (Å²) in [5.74, 6) is 1.00. The molecule has 0 bridgehead atoms. The molecule has 0 fully saturated rings. The van der Waals surface area contributed by atoms with Crippen LogP contribution < -0.4 is 5.73 Å². The van der Waals surface area contributed by atoms with E-state index in [1.165, 1.54) is 6.08 Å². The summed E-state index contributed by atoms with van der Waals surface area (Å²) in [4.78, 5) is 37.7. The molecule has 3 N–H and O–H groups in total. The van der Waals surface area contributed by atoms with Crippen LogP contribution in [0, 0.1) is 0 Å². The van der Waals surface area contributed by atoms with Gasteiger partial charge < -0.3 is 25.2 Å². The Balaban J connectivity index is 1.49. The van der Waals surface area contributed by atoms with Gasteiger partial charge in [0, 0.05) is 36.7 Å². The second-order valence-electron chi connectivity index (χ2n) is 10.2. The van der Waals surface area contributed by atoms with Crippen LogP contribution >= 0.6 is 0 Å². The van der Waals surface area contributed by atoms with E-state index in [0.29, 0.717) is 49.8 Å². The molecule has 0 saturated heterocycles. The van der Waals surface area contributed by atoms with Crippen LogP contribution in [0.2, 0.25) is 0 Å². The summed E-state index contributed by atoms with van der Waals surface area (Å²) in [6.45, 7) is 11.1. The Morgan fingerprint density at radius 1 is 1.16 bits per heavy atom. The highest BCUT2D eigenvalue weighted by atomic mass is 16.3. The topological polar surface area (TPSA) is 118 Å². The highest BCUT2D eigenvalue weighted by molar-refractivity contribution is 6.06. The number of hydrogen-bond donors (Lipinski definition) is 2. The average molecular weight is 505 g/mol. The number of anilines is 1. The van der Waals surface area contributed by atoms with Gasteiger partial charge in [0.1, 0.15) is 11.3 Å². The molecule has 1 aliphatic heterocycles. The van der Waals surface area contributed by atoms with Crippen molar-refractivity contribution in [2.45, 2.75) is 65.1 Å². The summed E-state index contributed by atoms with van der Waals surface area (Å²) in [7, 11) is 0. The first-order valence-electron chi connectivity index (χ1n) is 12.8. The van der Waals surface area contributed by atoms with Crippen molar-refractivity contribution in [2.24, 2.45) is 0 Å². The third kappa shape index (κ3) is 5.83. The van der Waals surface area contributed by atoms with Gasteiger partial charge in [-0.3, -0.25) is 9.59 Å². The van der Waals surface area contributed by atoms with E-state index in [1.54, 1.807) is 29.7 Å². The number of nitrogen functional groups attached to an aromatic ring is 1. The Morgan fingerprint density at radius 3 is 2.59 bits per heavy atom. The van der Waals surface area contributed by atoms with Crippen molar-refractivity contribution in [3.05, 3.63) is 54.5 Å². The third-order valence-corrected chi connectivity index (χ3v) is 6.60. The van der Waals surface area contributed by atoms with Crippen LogP contribution in [0.3, 0.4) is 0 Å². The predicted octanol–water partition coefficient (Wildman–Crippen LogP) is 3.76. The molecular formula is C28H36N6O3. The molecule has 3 heterocycles. The van der Waals surface area contributed by atoms with Crippen LogP contribution in [0.1, 0.15) is 52.3 Å². The second kappa shape index (κ2) is 10.7. The monoisotopic (exact) mass is 504 g/mol. The quantitative estimate of drug-likeness (QED) is 0.384. The van der Waals surface area contributed by atoms with Gasteiger partial charge in [-0.2, -0.15) is 0 Å². The van der Waals surface area contributed by atoms with Gasteiger partial charge in [-0.05, 0) is 45.8 Å². The first-order chi connectivity index (χ1) is 17.6. The van der Waals surface area contributed by atoms with E-state index >= 15 is 0 Å². The third-order valence-electron chi connectivity index (χ3n) is 6.60. The molecule has 37 heavy (non-hydrogen) atoms. The van der Waals surface area contributed by atoms with E-state index in [2.05, 4.69) is 11.6 Å². The molecule has 1 aromatic carbocycles. The number of nitrogens with two attached hydrogens (primary N) is 1. The van der Waals surface area contributed by atoms with Crippen molar-refractivity contribution in [3.8, 4) is 0 Å². The van der Waals surface area contributed by atoms with Crippen LogP contribution in [-0.2, 0) is 22.7 Å². The van der Waals surface area contributed by atoms with Gasteiger partial charge in [0.2, 0.25) is 5.91 Å². The number of imidazole rings is 1. The number of para-hydroxylation sites is 1. The highest BCUT2D eigenvalue weighted by Crippen LogP contribution is 2.30. The first-order valence-corrected chi connectivity index (χ1v) is 12.8. The van der Waals surface area contributed by atoms with Crippen molar-refractivity contribution >= 4 is 39.6 Å². The number of allylic oxidation sites excluding steroid dienone is 1. The van der Waals surface area contributed by atoms with E-state index in [-0.39, 0.29) is 11.8 Å². The van der Waals surface area contributed by atoms with E-state index in [9.17, 15) is 14.7 Å². The smallest absolute Gasteiger partial charge is 0.251 e. The molecule has 0 saturated carbocycles. The zero-order valence-corrected chi connectivity index (χ0v) is 21.9. The molecule has 0 spiro atoms. The fourth-order valence-corrected chi connectivity index (χ4v) is 4.75. The Hall–Kier alpha value is -3.72. The lowest BCUT2D eigenvalue weighted by molar-refractivity contribution is -0.132. The molecule has 0 radical (unpaired) electrons. The summed E-state index contributed by atoms with van der Waals surface area (Å²) in [6, 6.07) is 7.72. The summed E-state index contributed by atoms with van der Waals surface area (Å²) in [6.07, 6.45) is 6.06. The van der Waals surface area contributed by atoms with Crippen molar-refractivity contribution in [1.82, 2.24) is 24.3 Å². The predicted molar refractivity (Wildman–Crippen MR) is 145 cm³/mol. The maximum Gasteiger partial charge on any atom is 0.251 e. The minimum atomic E-state index is -1.000. The minimum absolute atomic E-state index is 0.0317. The van der Waals surface area contributed by atoms with Gasteiger partial charge in [0.15, 0.2) is 5.82 Å². The maximum absolute atomic E-state index is 13.1. The summed E-state index contributed by atoms with van der Waals surface area (Å²) in [5, 5.41) is 11.6. The molecule has 2 amide bonds. The molecule has 1 aliphatic rings. The molecule has 3 aromatic rings. The SMILES string of the molecule is C=C1C=CC(=O)N1CCCCCC(=O)N(CC)Cc1nc2c(N)nc3ccccc3c2n1CC(C)(C)O. The van der Waals surface area contributed by atoms with Crippen LogP contribution in [0.4, 0.5) is 5.82 Å². The Labute approximate surface area is 217 Å². The highest BCUT2D eigenvalue weighted by Gasteiger charge is 2.24. The van der Waals surface area contributed by atoms with Gasteiger partial charge in [0.05, 0.1) is 29.7 Å². The second-order valence-corrected chi connectivity index (χ2v) is 10.2. The maximum atomic E-state index is 13.1. The van der Waals surface area contributed by atoms with Gasteiger partial charge in [-0.15, -0.1) is 0 Å². The number of aliphatic hydroxyl groups is 1. The molecule has 0 unspecified atom stereocenters. The normalized spacial score (nSPS) is 13.9. The molecule has 196 valence electrons. The van der Waals surface area contributed by atoms with Crippen LogP contribution in [0.5, 0.6) is 0 Å². The average Bonchev–Trinajstić information content (AvgIpc) is 3.36. The number of unbranched alkanes of at least 4 members (excludes halogenated alkanes) is 2. The minimum Gasteiger partial charge on any atom is -0.389 e. The number of amides is 2. The standard InChI is InChI=1S/C28H36N6O3/c1-5-32(23(35)13-7-6-10-16-33-19(2)14-15-24(33)36)17-22-31-25-26(34(22)18-28(3,4)37)20-11-8-9-12-21(20)30-27(25)29/h8-9,11-12,14-15,37H,2,5-7,10,13,16-18H2,1,3-4H3,(H2,29,30).